The number of rotatable bonds is 4. The molecule has 2 aromatic carbocycles. The number of nitrogens with zero attached hydrogens (tertiary/aromatic N) is 2. The van der Waals surface area contributed by atoms with Gasteiger partial charge in [0, 0.05) is 9.90 Å². The van der Waals surface area contributed by atoms with E-state index in [-0.39, 0.29) is 12.1 Å². The van der Waals surface area contributed by atoms with E-state index >= 15 is 0 Å². The van der Waals surface area contributed by atoms with E-state index in [1.807, 2.05) is 37.3 Å². The van der Waals surface area contributed by atoms with Gasteiger partial charge in [-0.2, -0.15) is 0 Å². The van der Waals surface area contributed by atoms with E-state index < -0.39 is 6.10 Å². The normalized spacial score (nSPS) is 12.4. The first-order valence-corrected chi connectivity index (χ1v) is 9.71. The molecule has 136 valence electrons. The Bertz CT molecular complexity index is 1150. The zero-order valence-corrected chi connectivity index (χ0v) is 16.2. The van der Waals surface area contributed by atoms with E-state index in [1.165, 1.54) is 22.2 Å². The maximum absolute atomic E-state index is 13.0. The SMILES string of the molecule is Cc1c(-c2ccccc2)sc2ncn(CC(O)c3ccc(Cl)cc3)c(=O)c12. The summed E-state index contributed by atoms with van der Waals surface area (Å²) in [5, 5.41) is 11.7. The average Bonchev–Trinajstić information content (AvgIpc) is 3.02. The van der Waals surface area contributed by atoms with Crippen LogP contribution in [0.15, 0.2) is 65.7 Å². The molecule has 0 amide bonds. The molecule has 2 aromatic heterocycles. The summed E-state index contributed by atoms with van der Waals surface area (Å²) in [6.45, 7) is 2.09. The van der Waals surface area contributed by atoms with Gasteiger partial charge in [-0.05, 0) is 35.7 Å². The molecule has 0 spiro atoms. The highest BCUT2D eigenvalue weighted by molar-refractivity contribution is 7.22. The van der Waals surface area contributed by atoms with Gasteiger partial charge >= 0.3 is 0 Å². The number of aliphatic hydroxyl groups excluding tert-OH is 1. The van der Waals surface area contributed by atoms with Gasteiger partial charge in [0.25, 0.3) is 5.56 Å². The lowest BCUT2D eigenvalue weighted by molar-refractivity contribution is 0.155. The molecule has 0 aliphatic heterocycles. The largest absolute Gasteiger partial charge is 0.387 e. The molecule has 0 aliphatic carbocycles. The summed E-state index contributed by atoms with van der Waals surface area (Å²) < 4.78 is 1.47. The van der Waals surface area contributed by atoms with Crippen molar-refractivity contribution in [3.05, 3.63) is 87.4 Å². The summed E-state index contributed by atoms with van der Waals surface area (Å²) in [4.78, 5) is 19.2. The van der Waals surface area contributed by atoms with Crippen LogP contribution in [0, 0.1) is 6.92 Å². The monoisotopic (exact) mass is 396 g/mol. The molecule has 4 aromatic rings. The van der Waals surface area contributed by atoms with E-state index in [1.54, 1.807) is 24.3 Å². The van der Waals surface area contributed by atoms with Crippen molar-refractivity contribution in [2.75, 3.05) is 0 Å². The Morgan fingerprint density at radius 2 is 1.85 bits per heavy atom. The molecule has 4 rings (SSSR count). The number of thiophene rings is 1. The Morgan fingerprint density at radius 3 is 2.56 bits per heavy atom. The Labute approximate surface area is 165 Å². The van der Waals surface area contributed by atoms with E-state index in [0.29, 0.717) is 20.8 Å². The third-order valence-electron chi connectivity index (χ3n) is 4.58. The van der Waals surface area contributed by atoms with E-state index in [4.69, 9.17) is 11.6 Å². The van der Waals surface area contributed by atoms with Gasteiger partial charge in [0.05, 0.1) is 24.4 Å². The maximum atomic E-state index is 13.0. The smallest absolute Gasteiger partial charge is 0.262 e. The predicted molar refractivity (Wildman–Crippen MR) is 110 cm³/mol. The second kappa shape index (κ2) is 7.27. The number of halogens is 1. The molecule has 0 bridgehead atoms. The highest BCUT2D eigenvalue weighted by atomic mass is 35.5. The van der Waals surface area contributed by atoms with Gasteiger partial charge in [-0.1, -0.05) is 54.1 Å². The number of hydrogen-bond donors (Lipinski definition) is 1. The number of benzene rings is 2. The fraction of sp³-hybridized carbons (Fsp3) is 0.143. The average molecular weight is 397 g/mol. The van der Waals surface area contributed by atoms with Gasteiger partial charge in [-0.3, -0.25) is 9.36 Å². The van der Waals surface area contributed by atoms with Crippen molar-refractivity contribution in [3.63, 3.8) is 0 Å². The molecule has 4 nitrogen and oxygen atoms in total. The van der Waals surface area contributed by atoms with E-state index in [2.05, 4.69) is 4.98 Å². The van der Waals surface area contributed by atoms with E-state index in [9.17, 15) is 9.90 Å². The van der Waals surface area contributed by atoms with Crippen LogP contribution >= 0.6 is 22.9 Å². The van der Waals surface area contributed by atoms with Crippen LogP contribution in [0.25, 0.3) is 20.7 Å². The summed E-state index contributed by atoms with van der Waals surface area (Å²) in [7, 11) is 0. The van der Waals surface area contributed by atoms with Gasteiger partial charge < -0.3 is 5.11 Å². The number of fused-ring (bicyclic) bond motifs is 1. The maximum Gasteiger partial charge on any atom is 0.262 e. The lowest BCUT2D eigenvalue weighted by atomic mass is 10.1. The number of aryl methyl sites for hydroxylation is 1. The molecule has 1 atom stereocenters. The molecule has 27 heavy (non-hydrogen) atoms. The molecule has 0 radical (unpaired) electrons. The second-order valence-corrected chi connectivity index (χ2v) is 7.81. The van der Waals surface area contributed by atoms with Crippen molar-refractivity contribution >= 4 is 33.2 Å². The minimum Gasteiger partial charge on any atom is -0.387 e. The van der Waals surface area contributed by atoms with Crippen LogP contribution in [0.4, 0.5) is 0 Å². The quantitative estimate of drug-likeness (QED) is 0.538. The first-order valence-electron chi connectivity index (χ1n) is 8.52. The minimum absolute atomic E-state index is 0.135. The Kier molecular flexibility index (Phi) is 4.83. The Morgan fingerprint density at radius 1 is 1.15 bits per heavy atom. The molecule has 0 saturated heterocycles. The molecule has 6 heteroatoms. The Balaban J connectivity index is 1.73. The first kappa shape index (κ1) is 17.9. The van der Waals surface area contributed by atoms with Crippen LogP contribution in [0.5, 0.6) is 0 Å². The molecule has 1 unspecified atom stereocenters. The second-order valence-electron chi connectivity index (χ2n) is 6.37. The van der Waals surface area contributed by atoms with Crippen molar-refractivity contribution in [2.24, 2.45) is 0 Å². The standard InChI is InChI=1S/C21H17ClN2O2S/c1-13-18-20(27-19(13)15-5-3-2-4-6-15)23-12-24(21(18)26)11-17(25)14-7-9-16(22)10-8-14/h2-10,12,17,25H,11H2,1H3. The topological polar surface area (TPSA) is 55.1 Å². The zero-order chi connectivity index (χ0) is 19.0. The summed E-state index contributed by atoms with van der Waals surface area (Å²) in [5.41, 5.74) is 2.57. The van der Waals surface area contributed by atoms with Gasteiger partial charge in [-0.25, -0.2) is 4.98 Å². The zero-order valence-electron chi connectivity index (χ0n) is 14.6. The highest BCUT2D eigenvalue weighted by Gasteiger charge is 2.17. The van der Waals surface area contributed by atoms with Crippen LogP contribution in [0.3, 0.4) is 0 Å². The molecule has 0 aliphatic rings. The molecule has 0 fully saturated rings. The van der Waals surface area contributed by atoms with Gasteiger partial charge in [-0.15, -0.1) is 11.3 Å². The number of hydrogen-bond acceptors (Lipinski definition) is 4. The van der Waals surface area contributed by atoms with Gasteiger partial charge in [0.2, 0.25) is 0 Å². The third-order valence-corrected chi connectivity index (χ3v) is 6.08. The van der Waals surface area contributed by atoms with Crippen molar-refractivity contribution in [1.29, 1.82) is 0 Å². The van der Waals surface area contributed by atoms with Gasteiger partial charge in [0.1, 0.15) is 4.83 Å². The summed E-state index contributed by atoms with van der Waals surface area (Å²) in [5.74, 6) is 0. The molecule has 0 saturated carbocycles. The summed E-state index contributed by atoms with van der Waals surface area (Å²) in [6.07, 6.45) is 0.695. The van der Waals surface area contributed by atoms with Crippen LogP contribution < -0.4 is 5.56 Å². The van der Waals surface area contributed by atoms with Crippen LogP contribution in [0.1, 0.15) is 17.2 Å². The highest BCUT2D eigenvalue weighted by Crippen LogP contribution is 2.35. The molecular formula is C21H17ClN2O2S. The molecular weight excluding hydrogens is 380 g/mol. The summed E-state index contributed by atoms with van der Waals surface area (Å²) >= 11 is 7.41. The molecule has 1 N–H and O–H groups in total. The van der Waals surface area contributed by atoms with E-state index in [0.717, 1.165) is 16.0 Å². The minimum atomic E-state index is -0.813. The van der Waals surface area contributed by atoms with Crippen LogP contribution in [-0.2, 0) is 6.54 Å². The van der Waals surface area contributed by atoms with Crippen molar-refractivity contribution in [3.8, 4) is 10.4 Å². The van der Waals surface area contributed by atoms with Gasteiger partial charge in [0.15, 0.2) is 0 Å². The first-order chi connectivity index (χ1) is 13.0. The number of aliphatic hydroxyl groups is 1. The van der Waals surface area contributed by atoms with Crippen LogP contribution in [0.2, 0.25) is 5.02 Å². The molecule has 2 heterocycles. The Hall–Kier alpha value is -2.47. The predicted octanol–water partition coefficient (Wildman–Crippen LogP) is 4.82. The fourth-order valence-electron chi connectivity index (χ4n) is 3.13. The lowest BCUT2D eigenvalue weighted by Gasteiger charge is -2.13. The van der Waals surface area contributed by atoms with Crippen LogP contribution in [-0.4, -0.2) is 14.7 Å². The summed E-state index contributed by atoms with van der Waals surface area (Å²) in [6, 6.07) is 16.9. The van der Waals surface area contributed by atoms with Crippen molar-refractivity contribution in [1.82, 2.24) is 9.55 Å². The fourth-order valence-corrected chi connectivity index (χ4v) is 4.40. The van der Waals surface area contributed by atoms with Crippen molar-refractivity contribution < 1.29 is 5.11 Å². The lowest BCUT2D eigenvalue weighted by Crippen LogP contribution is -2.23. The van der Waals surface area contributed by atoms with Crippen molar-refractivity contribution in [2.45, 2.75) is 19.6 Å². The third kappa shape index (κ3) is 3.41. The number of aromatic nitrogens is 2.